The van der Waals surface area contributed by atoms with Gasteiger partial charge in [0.1, 0.15) is 5.82 Å². The number of aliphatic hydroxyl groups is 1. The molecule has 0 aliphatic rings. The summed E-state index contributed by atoms with van der Waals surface area (Å²) in [7, 11) is 1.67. The molecule has 0 aliphatic carbocycles. The van der Waals surface area contributed by atoms with E-state index >= 15 is 0 Å². The Bertz CT molecular complexity index is 409. The van der Waals surface area contributed by atoms with Gasteiger partial charge in [-0.1, -0.05) is 0 Å². The molecule has 1 amide bonds. The molecule has 0 saturated heterocycles. The molecule has 1 aromatic rings. The van der Waals surface area contributed by atoms with E-state index in [2.05, 4.69) is 0 Å². The fraction of sp³-hybridized carbons (Fsp3) is 0.417. The Hall–Kier alpha value is -0.690. The first kappa shape index (κ1) is 14.4. The van der Waals surface area contributed by atoms with E-state index in [9.17, 15) is 9.18 Å². The summed E-state index contributed by atoms with van der Waals surface area (Å²) in [5.41, 5.74) is 0.486. The lowest BCUT2D eigenvalue weighted by Crippen LogP contribution is -2.30. The number of hydrogen-bond donors (Lipinski definition) is 1. The van der Waals surface area contributed by atoms with Crippen LogP contribution in [0.1, 0.15) is 23.7 Å². The van der Waals surface area contributed by atoms with Crippen LogP contribution in [0.5, 0.6) is 0 Å². The summed E-state index contributed by atoms with van der Waals surface area (Å²) in [6, 6.07) is 4.09. The van der Waals surface area contributed by atoms with Crippen LogP contribution in [0.3, 0.4) is 0 Å². The molecular formula is C12H15FINO2. The molecule has 17 heavy (non-hydrogen) atoms. The quantitative estimate of drug-likeness (QED) is 0.846. The van der Waals surface area contributed by atoms with E-state index in [1.165, 1.54) is 23.1 Å². The van der Waals surface area contributed by atoms with Gasteiger partial charge in [-0.05, 0) is 54.1 Å². The van der Waals surface area contributed by atoms with Crippen molar-refractivity contribution in [2.75, 3.05) is 13.6 Å². The second-order valence-corrected chi connectivity index (χ2v) is 5.15. The Morgan fingerprint density at radius 3 is 2.76 bits per heavy atom. The van der Waals surface area contributed by atoms with Crippen molar-refractivity contribution in [1.29, 1.82) is 0 Å². The largest absolute Gasteiger partial charge is 0.393 e. The van der Waals surface area contributed by atoms with Crippen LogP contribution in [0, 0.1) is 9.39 Å². The number of nitrogens with zero attached hydrogens (tertiary/aromatic N) is 1. The highest BCUT2D eigenvalue weighted by atomic mass is 127. The van der Waals surface area contributed by atoms with Crippen LogP contribution in [0.15, 0.2) is 18.2 Å². The number of rotatable bonds is 4. The molecular weight excluding hydrogens is 336 g/mol. The van der Waals surface area contributed by atoms with Crippen molar-refractivity contribution in [3.63, 3.8) is 0 Å². The van der Waals surface area contributed by atoms with Gasteiger partial charge in [0, 0.05) is 17.2 Å². The topological polar surface area (TPSA) is 40.5 Å². The Kier molecular flexibility index (Phi) is 5.32. The molecule has 0 radical (unpaired) electrons. The van der Waals surface area contributed by atoms with Gasteiger partial charge in [0.05, 0.1) is 11.7 Å². The van der Waals surface area contributed by atoms with Gasteiger partial charge in [-0.25, -0.2) is 4.39 Å². The minimum absolute atomic E-state index is 0.157. The molecule has 0 saturated carbocycles. The van der Waals surface area contributed by atoms with Gasteiger partial charge in [0.2, 0.25) is 0 Å². The van der Waals surface area contributed by atoms with Crippen molar-refractivity contribution in [1.82, 2.24) is 4.90 Å². The zero-order chi connectivity index (χ0) is 13.0. The number of benzene rings is 1. The Balaban J connectivity index is 2.75. The van der Waals surface area contributed by atoms with Crippen LogP contribution in [0.4, 0.5) is 4.39 Å². The molecule has 3 nitrogen and oxygen atoms in total. The van der Waals surface area contributed by atoms with Gasteiger partial charge >= 0.3 is 0 Å². The first-order chi connectivity index (χ1) is 7.91. The summed E-state index contributed by atoms with van der Waals surface area (Å²) >= 11 is 1.94. The Morgan fingerprint density at radius 2 is 2.24 bits per heavy atom. The number of halogens is 2. The Morgan fingerprint density at radius 1 is 1.59 bits per heavy atom. The van der Waals surface area contributed by atoms with E-state index in [4.69, 9.17) is 5.11 Å². The second-order valence-electron chi connectivity index (χ2n) is 3.99. The summed E-state index contributed by atoms with van der Waals surface area (Å²) in [4.78, 5) is 13.5. The van der Waals surface area contributed by atoms with Crippen LogP contribution in [0.2, 0.25) is 0 Å². The van der Waals surface area contributed by atoms with E-state index in [0.29, 0.717) is 22.1 Å². The van der Waals surface area contributed by atoms with Crippen molar-refractivity contribution in [2.24, 2.45) is 0 Å². The third-order valence-electron chi connectivity index (χ3n) is 2.39. The number of hydrogen-bond acceptors (Lipinski definition) is 2. The van der Waals surface area contributed by atoms with E-state index < -0.39 is 6.10 Å². The molecule has 0 fully saturated rings. The van der Waals surface area contributed by atoms with Crippen molar-refractivity contribution >= 4 is 28.5 Å². The maximum absolute atomic E-state index is 12.9. The fourth-order valence-corrected chi connectivity index (χ4v) is 2.06. The van der Waals surface area contributed by atoms with Gasteiger partial charge in [-0.2, -0.15) is 0 Å². The monoisotopic (exact) mass is 351 g/mol. The molecule has 0 aromatic heterocycles. The number of aliphatic hydroxyl groups excluding tert-OH is 1. The first-order valence-electron chi connectivity index (χ1n) is 5.30. The highest BCUT2D eigenvalue weighted by Crippen LogP contribution is 2.15. The van der Waals surface area contributed by atoms with Crippen LogP contribution < -0.4 is 0 Å². The molecule has 1 atom stereocenters. The first-order valence-corrected chi connectivity index (χ1v) is 6.38. The van der Waals surface area contributed by atoms with Gasteiger partial charge in [0.15, 0.2) is 0 Å². The van der Waals surface area contributed by atoms with E-state index in [0.717, 1.165) is 0 Å². The van der Waals surface area contributed by atoms with Gasteiger partial charge < -0.3 is 10.0 Å². The van der Waals surface area contributed by atoms with E-state index in [1.807, 2.05) is 22.6 Å². The normalized spacial score (nSPS) is 12.3. The summed E-state index contributed by atoms with van der Waals surface area (Å²) in [6.45, 7) is 2.16. The van der Waals surface area contributed by atoms with Crippen LogP contribution >= 0.6 is 22.6 Å². The molecule has 1 N–H and O–H groups in total. The number of carbonyl (C=O) groups excluding carboxylic acids is 1. The van der Waals surface area contributed by atoms with Crippen molar-refractivity contribution in [3.05, 3.63) is 33.1 Å². The third-order valence-corrected chi connectivity index (χ3v) is 3.28. The summed E-state index contributed by atoms with van der Waals surface area (Å²) in [5, 5.41) is 9.16. The van der Waals surface area contributed by atoms with E-state index in [1.54, 1.807) is 14.0 Å². The molecule has 1 aromatic carbocycles. The number of carbonyl (C=O) groups is 1. The zero-order valence-electron chi connectivity index (χ0n) is 9.78. The van der Waals surface area contributed by atoms with E-state index in [-0.39, 0.29) is 11.7 Å². The second kappa shape index (κ2) is 6.30. The van der Waals surface area contributed by atoms with Crippen LogP contribution in [-0.4, -0.2) is 35.6 Å². The Labute approximate surface area is 114 Å². The predicted octanol–water partition coefficient (Wildman–Crippen LogP) is 2.27. The number of amides is 1. The van der Waals surface area contributed by atoms with Crippen LogP contribution in [-0.2, 0) is 0 Å². The summed E-state index contributed by atoms with van der Waals surface area (Å²) < 4.78 is 13.5. The molecule has 94 valence electrons. The maximum Gasteiger partial charge on any atom is 0.254 e. The smallest absolute Gasteiger partial charge is 0.254 e. The minimum atomic E-state index is -0.433. The average Bonchev–Trinajstić information content (AvgIpc) is 2.25. The lowest BCUT2D eigenvalue weighted by molar-refractivity contribution is 0.0768. The summed E-state index contributed by atoms with van der Waals surface area (Å²) in [5.74, 6) is -0.507. The SMILES string of the molecule is CC(O)CCN(C)C(=O)c1ccc(F)cc1I. The molecule has 0 heterocycles. The van der Waals surface area contributed by atoms with Gasteiger partial charge in [0.25, 0.3) is 5.91 Å². The lowest BCUT2D eigenvalue weighted by atomic mass is 10.2. The average molecular weight is 351 g/mol. The van der Waals surface area contributed by atoms with Crippen molar-refractivity contribution in [2.45, 2.75) is 19.4 Å². The zero-order valence-corrected chi connectivity index (χ0v) is 11.9. The highest BCUT2D eigenvalue weighted by molar-refractivity contribution is 14.1. The van der Waals surface area contributed by atoms with Gasteiger partial charge in [-0.3, -0.25) is 4.79 Å². The molecule has 0 spiro atoms. The standard InChI is InChI=1S/C12H15FINO2/c1-8(16)5-6-15(2)12(17)10-4-3-9(13)7-11(10)14/h3-4,7-8,16H,5-6H2,1-2H3. The third kappa shape index (κ3) is 4.23. The predicted molar refractivity (Wildman–Crippen MR) is 72.4 cm³/mol. The van der Waals surface area contributed by atoms with Crippen molar-refractivity contribution < 1.29 is 14.3 Å². The molecule has 0 aliphatic heterocycles. The van der Waals surface area contributed by atoms with Crippen molar-refractivity contribution in [3.8, 4) is 0 Å². The fourth-order valence-electron chi connectivity index (χ4n) is 1.35. The molecule has 0 bridgehead atoms. The van der Waals surface area contributed by atoms with Gasteiger partial charge in [-0.15, -0.1) is 0 Å². The highest BCUT2D eigenvalue weighted by Gasteiger charge is 2.15. The maximum atomic E-state index is 12.9. The van der Waals surface area contributed by atoms with Crippen LogP contribution in [0.25, 0.3) is 0 Å². The molecule has 1 unspecified atom stereocenters. The minimum Gasteiger partial charge on any atom is -0.393 e. The molecule has 1 rings (SSSR count). The lowest BCUT2D eigenvalue weighted by Gasteiger charge is -2.18. The molecule has 5 heteroatoms. The summed E-state index contributed by atoms with van der Waals surface area (Å²) in [6.07, 6.45) is 0.0950.